The lowest BCUT2D eigenvalue weighted by molar-refractivity contribution is -0.378. The molecule has 1 aromatic carbocycles. The highest BCUT2D eigenvalue weighted by Crippen LogP contribution is 2.08. The van der Waals surface area contributed by atoms with E-state index in [1.165, 1.54) is 12.1 Å². The first-order valence-corrected chi connectivity index (χ1v) is 7.24. The van der Waals surface area contributed by atoms with Crippen LogP contribution >= 0.6 is 15.9 Å². The molecule has 0 atom stereocenters. The van der Waals surface area contributed by atoms with Crippen LogP contribution in [0.25, 0.3) is 0 Å². The summed E-state index contributed by atoms with van der Waals surface area (Å²) in [6.45, 7) is 1.82. The Balaban J connectivity index is 0.000000199. The molecule has 0 saturated heterocycles. The minimum Gasteiger partial charge on any atom is -0.744 e. The van der Waals surface area contributed by atoms with Crippen molar-refractivity contribution in [3.63, 3.8) is 0 Å². The number of halogens is 1. The van der Waals surface area contributed by atoms with Crippen molar-refractivity contribution in [2.45, 2.75) is 11.8 Å². The normalized spacial score (nSPS) is 10.4. The molecule has 0 unspecified atom stereocenters. The second-order valence-corrected chi connectivity index (χ2v) is 5.78. The van der Waals surface area contributed by atoms with E-state index in [-0.39, 0.29) is 4.90 Å². The lowest BCUT2D eigenvalue weighted by atomic mass is 10.2. The van der Waals surface area contributed by atoms with Gasteiger partial charge in [-0.05, 0) is 41.1 Å². The first-order chi connectivity index (χ1) is 8.39. The maximum Gasteiger partial charge on any atom is 0.181 e. The zero-order valence-corrected chi connectivity index (χ0v) is 12.0. The van der Waals surface area contributed by atoms with Gasteiger partial charge in [0.1, 0.15) is 10.1 Å². The van der Waals surface area contributed by atoms with Crippen molar-refractivity contribution in [1.29, 1.82) is 0 Å². The molecule has 4 nitrogen and oxygen atoms in total. The van der Waals surface area contributed by atoms with Gasteiger partial charge in [-0.25, -0.2) is 13.4 Å². The van der Waals surface area contributed by atoms with E-state index in [1.807, 2.05) is 31.5 Å². The molecule has 1 N–H and O–H groups in total. The fourth-order valence-corrected chi connectivity index (χ4v) is 1.83. The Morgan fingerprint density at radius 3 is 2.11 bits per heavy atom. The number of rotatable bonds is 1. The van der Waals surface area contributed by atoms with E-state index in [0.29, 0.717) is 0 Å². The maximum atomic E-state index is 10.4. The molecule has 2 rings (SSSR count). The highest BCUT2D eigenvalue weighted by Gasteiger charge is 1.97. The lowest BCUT2D eigenvalue weighted by Crippen LogP contribution is -1.97. The fraction of sp³-hybridized carbons (Fsp3) is 0.0833. The summed E-state index contributed by atoms with van der Waals surface area (Å²) in [6, 6.07) is 9.69. The monoisotopic (exact) mass is 329 g/mol. The molecule has 2 aromatic rings. The third kappa shape index (κ3) is 5.39. The van der Waals surface area contributed by atoms with Crippen molar-refractivity contribution in [2.75, 3.05) is 0 Å². The van der Waals surface area contributed by atoms with Crippen LogP contribution in [0.15, 0.2) is 58.2 Å². The molecule has 0 aliphatic heterocycles. The molecule has 0 aliphatic carbocycles. The van der Waals surface area contributed by atoms with E-state index in [4.69, 9.17) is 0 Å². The summed E-state index contributed by atoms with van der Waals surface area (Å²) < 4.78 is 32.2. The topological polar surface area (TPSA) is 71.3 Å². The van der Waals surface area contributed by atoms with Crippen LogP contribution in [0.2, 0.25) is 0 Å². The van der Waals surface area contributed by atoms with Crippen LogP contribution in [-0.2, 0) is 10.1 Å². The van der Waals surface area contributed by atoms with Crippen molar-refractivity contribution in [3.8, 4) is 0 Å². The van der Waals surface area contributed by atoms with Gasteiger partial charge < -0.3 is 4.55 Å². The molecule has 0 radical (unpaired) electrons. The largest absolute Gasteiger partial charge is 0.744 e. The Labute approximate surface area is 115 Å². The Morgan fingerprint density at radius 1 is 1.17 bits per heavy atom. The average molecular weight is 330 g/mol. The number of nitrogens with one attached hydrogen (secondary N) is 1. The predicted molar refractivity (Wildman–Crippen MR) is 69.8 cm³/mol. The Morgan fingerprint density at radius 2 is 1.78 bits per heavy atom. The van der Waals surface area contributed by atoms with Crippen LogP contribution in [-0.4, -0.2) is 13.0 Å². The molecular weight excluding hydrogens is 318 g/mol. The average Bonchev–Trinajstić information content (AvgIpc) is 2.30. The molecule has 18 heavy (non-hydrogen) atoms. The highest BCUT2D eigenvalue weighted by atomic mass is 79.9. The molecule has 0 bridgehead atoms. The smallest absolute Gasteiger partial charge is 0.181 e. The van der Waals surface area contributed by atoms with E-state index in [1.54, 1.807) is 12.1 Å². The van der Waals surface area contributed by atoms with Gasteiger partial charge in [0.25, 0.3) is 0 Å². The SMILES string of the molecule is Brc1ccc[nH+]c1.Cc1ccc(S(=O)(=O)[O-])cc1. The molecule has 96 valence electrons. The van der Waals surface area contributed by atoms with Crippen molar-refractivity contribution < 1.29 is 18.0 Å². The number of H-pyrrole nitrogens is 1. The number of pyridine rings is 1. The molecule has 0 aliphatic rings. The van der Waals surface area contributed by atoms with Crippen LogP contribution in [0.4, 0.5) is 0 Å². The van der Waals surface area contributed by atoms with E-state index in [0.717, 1.165) is 10.0 Å². The van der Waals surface area contributed by atoms with Gasteiger partial charge in [-0.2, -0.15) is 0 Å². The van der Waals surface area contributed by atoms with Gasteiger partial charge in [0, 0.05) is 6.07 Å². The van der Waals surface area contributed by atoms with Crippen LogP contribution in [0, 0.1) is 6.92 Å². The summed E-state index contributed by atoms with van der Waals surface area (Å²) in [6.07, 6.45) is 3.74. The number of hydrogen-bond donors (Lipinski definition) is 0. The van der Waals surface area contributed by atoms with Crippen LogP contribution in [0.1, 0.15) is 5.56 Å². The third-order valence-electron chi connectivity index (χ3n) is 1.98. The van der Waals surface area contributed by atoms with Crippen LogP contribution in [0.5, 0.6) is 0 Å². The summed E-state index contributed by atoms with van der Waals surface area (Å²) in [7, 11) is -4.27. The molecule has 0 spiro atoms. The summed E-state index contributed by atoms with van der Waals surface area (Å²) in [5, 5.41) is 0. The number of aromatic amines is 1. The number of benzene rings is 1. The van der Waals surface area contributed by atoms with E-state index < -0.39 is 10.1 Å². The van der Waals surface area contributed by atoms with Crippen LogP contribution < -0.4 is 4.98 Å². The summed E-state index contributed by atoms with van der Waals surface area (Å²) in [5.41, 5.74) is 0.928. The Hall–Kier alpha value is -1.24. The van der Waals surface area contributed by atoms with Crippen molar-refractivity contribution in [1.82, 2.24) is 0 Å². The van der Waals surface area contributed by atoms with Gasteiger partial charge in [-0.3, -0.25) is 0 Å². The predicted octanol–water partition coefficient (Wildman–Crippen LogP) is 2.16. The van der Waals surface area contributed by atoms with Gasteiger partial charge >= 0.3 is 0 Å². The Kier molecular flexibility index (Phi) is 5.46. The highest BCUT2D eigenvalue weighted by molar-refractivity contribution is 9.10. The van der Waals surface area contributed by atoms with Gasteiger partial charge in [0.05, 0.1) is 9.37 Å². The van der Waals surface area contributed by atoms with Gasteiger partial charge in [-0.15, -0.1) is 0 Å². The lowest BCUT2D eigenvalue weighted by Gasteiger charge is -2.05. The Bertz CT molecular complexity index is 582. The second kappa shape index (κ2) is 6.63. The van der Waals surface area contributed by atoms with E-state index >= 15 is 0 Å². The minimum atomic E-state index is -4.27. The molecule has 0 fully saturated rings. The van der Waals surface area contributed by atoms with Gasteiger partial charge in [0.2, 0.25) is 0 Å². The van der Waals surface area contributed by atoms with E-state index in [9.17, 15) is 13.0 Å². The second-order valence-electron chi connectivity index (χ2n) is 3.49. The third-order valence-corrected chi connectivity index (χ3v) is 3.32. The van der Waals surface area contributed by atoms with Crippen LogP contribution in [0.3, 0.4) is 0 Å². The maximum absolute atomic E-state index is 10.4. The molecule has 1 aromatic heterocycles. The fourth-order valence-electron chi connectivity index (χ4n) is 1.08. The van der Waals surface area contributed by atoms with Crippen molar-refractivity contribution >= 4 is 26.0 Å². The summed E-state index contributed by atoms with van der Waals surface area (Å²) in [5.74, 6) is 0. The van der Waals surface area contributed by atoms with Crippen molar-refractivity contribution in [2.24, 2.45) is 0 Å². The first-order valence-electron chi connectivity index (χ1n) is 5.04. The number of aromatic nitrogens is 1. The van der Waals surface area contributed by atoms with Gasteiger partial charge in [-0.1, -0.05) is 17.7 Å². The number of hydrogen-bond acceptors (Lipinski definition) is 3. The van der Waals surface area contributed by atoms with E-state index in [2.05, 4.69) is 20.9 Å². The molecule has 6 heteroatoms. The zero-order valence-electron chi connectivity index (χ0n) is 9.63. The zero-order chi connectivity index (χ0) is 13.6. The summed E-state index contributed by atoms with van der Waals surface area (Å²) in [4.78, 5) is 2.74. The van der Waals surface area contributed by atoms with Gasteiger partial charge in [0.15, 0.2) is 12.4 Å². The molecule has 1 heterocycles. The standard InChI is InChI=1S/C7H8O3S.C5H4BrN/c1-6-2-4-7(5-3-6)11(8,9)10;6-5-2-1-3-7-4-5/h2-5H,1H3,(H,8,9,10);1-4H. The number of aryl methyl sites for hydroxylation is 1. The quantitative estimate of drug-likeness (QED) is 0.752. The van der Waals surface area contributed by atoms with Crippen molar-refractivity contribution in [3.05, 3.63) is 58.8 Å². The minimum absolute atomic E-state index is 0.178. The first kappa shape index (κ1) is 14.8. The molecule has 0 saturated carbocycles. The molecule has 0 amide bonds. The molecular formula is C12H12BrNO3S. The summed E-state index contributed by atoms with van der Waals surface area (Å²) >= 11 is 3.28.